The van der Waals surface area contributed by atoms with Gasteiger partial charge in [-0.3, -0.25) is 4.68 Å². The second kappa shape index (κ2) is 6.32. The Bertz CT molecular complexity index is 1000. The third-order valence-corrected chi connectivity index (χ3v) is 4.55. The topological polar surface area (TPSA) is 63.0 Å². The first kappa shape index (κ1) is 17.4. The van der Waals surface area contributed by atoms with Crippen molar-refractivity contribution in [1.82, 2.24) is 24.7 Å². The third kappa shape index (κ3) is 2.82. The monoisotopic (exact) mass is 381 g/mol. The van der Waals surface area contributed by atoms with Crippen LogP contribution in [0.15, 0.2) is 6.20 Å². The van der Waals surface area contributed by atoms with E-state index in [1.165, 1.54) is 4.90 Å². The zero-order valence-corrected chi connectivity index (χ0v) is 14.5. The molecule has 1 fully saturated rings. The van der Waals surface area contributed by atoms with E-state index in [1.807, 2.05) is 4.90 Å². The first-order valence-electron chi connectivity index (χ1n) is 8.23. The van der Waals surface area contributed by atoms with Crippen LogP contribution >= 0.6 is 0 Å². The lowest BCUT2D eigenvalue weighted by Crippen LogP contribution is -2.47. The minimum atomic E-state index is -1.66. The number of hydrogen-bond acceptors (Lipinski definition) is 6. The third-order valence-electron chi connectivity index (χ3n) is 4.55. The summed E-state index contributed by atoms with van der Waals surface area (Å²) in [7, 11) is 1.77. The van der Waals surface area contributed by atoms with Gasteiger partial charge in [-0.1, -0.05) is 0 Å². The van der Waals surface area contributed by atoms with Gasteiger partial charge in [0, 0.05) is 33.2 Å². The van der Waals surface area contributed by atoms with Crippen LogP contribution < -0.4 is 9.80 Å². The first-order valence-corrected chi connectivity index (χ1v) is 8.23. The van der Waals surface area contributed by atoms with E-state index in [4.69, 9.17) is 0 Å². The fourth-order valence-corrected chi connectivity index (χ4v) is 3.25. The molecule has 0 atom stereocenters. The Balaban J connectivity index is 1.63. The summed E-state index contributed by atoms with van der Waals surface area (Å²) in [6.07, 6.45) is 1.66. The predicted molar refractivity (Wildman–Crippen MR) is 89.5 cm³/mol. The molecule has 1 aliphatic rings. The molecule has 0 unspecified atom stereocenters. The van der Waals surface area contributed by atoms with Crippen LogP contribution in [0.4, 0.5) is 29.1 Å². The molecular formula is C16H15F4N7. The van der Waals surface area contributed by atoms with Gasteiger partial charge in [0.1, 0.15) is 17.3 Å². The molecule has 0 bridgehead atoms. The van der Waals surface area contributed by atoms with Gasteiger partial charge in [-0.05, 0) is 6.92 Å². The van der Waals surface area contributed by atoms with Gasteiger partial charge in [0.2, 0.25) is 11.6 Å². The minimum Gasteiger partial charge on any atom is -0.363 e. The van der Waals surface area contributed by atoms with Gasteiger partial charge in [0.05, 0.1) is 11.6 Å². The number of halogens is 4. The van der Waals surface area contributed by atoms with Crippen LogP contribution in [0.25, 0.3) is 11.0 Å². The van der Waals surface area contributed by atoms with Crippen molar-refractivity contribution < 1.29 is 17.6 Å². The van der Waals surface area contributed by atoms with Crippen LogP contribution in [0, 0.1) is 30.5 Å². The molecule has 4 rings (SSSR count). The zero-order chi connectivity index (χ0) is 19.3. The molecule has 3 aromatic heterocycles. The van der Waals surface area contributed by atoms with Crippen LogP contribution in [-0.4, -0.2) is 50.9 Å². The summed E-state index contributed by atoms with van der Waals surface area (Å²) in [5.74, 6) is -5.06. The summed E-state index contributed by atoms with van der Waals surface area (Å²) < 4.78 is 56.4. The standard InChI is InChI=1S/C16H15F4N7/c1-8-22-15-9(7-21-25(15)2)16(23-8)27-5-3-26(4-6-27)12-10(17)13(19)24-14(20)11(12)18/h7H,3-6H2,1-2H3. The molecule has 1 saturated heterocycles. The maximum absolute atomic E-state index is 14.0. The fraction of sp³-hybridized carbons (Fsp3) is 0.375. The van der Waals surface area contributed by atoms with Crippen LogP contribution in [0.2, 0.25) is 0 Å². The molecule has 142 valence electrons. The number of hydrogen-bond donors (Lipinski definition) is 0. The molecule has 0 radical (unpaired) electrons. The lowest BCUT2D eigenvalue weighted by atomic mass is 10.2. The maximum atomic E-state index is 14.0. The molecule has 11 heteroatoms. The highest BCUT2D eigenvalue weighted by molar-refractivity contribution is 5.87. The number of rotatable bonds is 2. The highest BCUT2D eigenvalue weighted by Crippen LogP contribution is 2.29. The van der Waals surface area contributed by atoms with Crippen molar-refractivity contribution in [2.45, 2.75) is 6.92 Å². The molecule has 4 heterocycles. The van der Waals surface area contributed by atoms with Crippen LogP contribution in [0.5, 0.6) is 0 Å². The van der Waals surface area contributed by atoms with E-state index < -0.39 is 29.2 Å². The van der Waals surface area contributed by atoms with Crippen molar-refractivity contribution >= 4 is 22.5 Å². The Hall–Kier alpha value is -2.98. The second-order valence-corrected chi connectivity index (χ2v) is 6.24. The number of aromatic nitrogens is 5. The Morgan fingerprint density at radius 1 is 0.852 bits per heavy atom. The average molecular weight is 381 g/mol. The highest BCUT2D eigenvalue weighted by Gasteiger charge is 2.29. The van der Waals surface area contributed by atoms with Crippen molar-refractivity contribution in [1.29, 1.82) is 0 Å². The van der Waals surface area contributed by atoms with Gasteiger partial charge in [0.15, 0.2) is 5.65 Å². The molecule has 0 N–H and O–H groups in total. The lowest BCUT2D eigenvalue weighted by molar-refractivity contribution is 0.404. The summed E-state index contributed by atoms with van der Waals surface area (Å²) in [6, 6.07) is 0. The SMILES string of the molecule is Cc1nc(N2CCN(c3c(F)c(F)nc(F)c3F)CC2)c2cnn(C)c2n1. The quantitative estimate of drug-likeness (QED) is 0.500. The number of fused-ring (bicyclic) bond motifs is 1. The van der Waals surface area contributed by atoms with Crippen molar-refractivity contribution in [2.24, 2.45) is 7.05 Å². The van der Waals surface area contributed by atoms with Crippen LogP contribution in [0.3, 0.4) is 0 Å². The van der Waals surface area contributed by atoms with Crippen molar-refractivity contribution in [2.75, 3.05) is 36.0 Å². The molecule has 0 aromatic carbocycles. The molecule has 0 spiro atoms. The number of pyridine rings is 1. The molecular weight excluding hydrogens is 366 g/mol. The number of aryl methyl sites for hydroxylation is 2. The summed E-state index contributed by atoms with van der Waals surface area (Å²) >= 11 is 0. The van der Waals surface area contributed by atoms with Gasteiger partial charge >= 0.3 is 0 Å². The second-order valence-electron chi connectivity index (χ2n) is 6.24. The van der Waals surface area contributed by atoms with E-state index in [0.717, 1.165) is 5.39 Å². The zero-order valence-electron chi connectivity index (χ0n) is 14.5. The molecule has 3 aromatic rings. The largest absolute Gasteiger partial charge is 0.363 e. The average Bonchev–Trinajstić information content (AvgIpc) is 3.01. The first-order chi connectivity index (χ1) is 12.9. The Kier molecular flexibility index (Phi) is 4.08. The number of anilines is 2. The number of piperazine rings is 1. The molecule has 7 nitrogen and oxygen atoms in total. The predicted octanol–water partition coefficient (Wildman–Crippen LogP) is 1.95. The summed E-state index contributed by atoms with van der Waals surface area (Å²) in [6.45, 7) is 2.78. The van der Waals surface area contributed by atoms with Gasteiger partial charge in [-0.15, -0.1) is 0 Å². The van der Waals surface area contributed by atoms with E-state index in [-0.39, 0.29) is 13.1 Å². The van der Waals surface area contributed by atoms with Crippen LogP contribution in [-0.2, 0) is 7.05 Å². The molecule has 0 amide bonds. The van der Waals surface area contributed by atoms with E-state index in [0.29, 0.717) is 30.4 Å². The maximum Gasteiger partial charge on any atom is 0.253 e. The van der Waals surface area contributed by atoms with Crippen LogP contribution in [0.1, 0.15) is 5.82 Å². The Labute approximate surface area is 151 Å². The number of nitrogens with zero attached hydrogens (tertiary/aromatic N) is 7. The van der Waals surface area contributed by atoms with Gasteiger partial charge in [-0.25, -0.2) is 9.97 Å². The normalized spacial score (nSPS) is 15.0. The smallest absolute Gasteiger partial charge is 0.253 e. The van der Waals surface area contributed by atoms with Gasteiger partial charge < -0.3 is 9.80 Å². The minimum absolute atomic E-state index is 0.154. The molecule has 0 saturated carbocycles. The van der Waals surface area contributed by atoms with Gasteiger partial charge in [-0.2, -0.15) is 27.6 Å². The molecule has 0 aliphatic carbocycles. The van der Waals surface area contributed by atoms with E-state index in [1.54, 1.807) is 24.9 Å². The molecule has 1 aliphatic heterocycles. The van der Waals surface area contributed by atoms with Gasteiger partial charge in [0.25, 0.3) is 11.9 Å². The Morgan fingerprint density at radius 2 is 1.44 bits per heavy atom. The summed E-state index contributed by atoms with van der Waals surface area (Å²) in [5.41, 5.74) is -0.0552. The van der Waals surface area contributed by atoms with E-state index in [9.17, 15) is 17.6 Å². The Morgan fingerprint density at radius 3 is 2.07 bits per heavy atom. The van der Waals surface area contributed by atoms with E-state index in [2.05, 4.69) is 20.1 Å². The highest BCUT2D eigenvalue weighted by atomic mass is 19.2. The van der Waals surface area contributed by atoms with E-state index >= 15 is 0 Å². The summed E-state index contributed by atoms with van der Waals surface area (Å²) in [5, 5.41) is 4.94. The van der Waals surface area contributed by atoms with Crippen molar-refractivity contribution in [3.8, 4) is 0 Å². The molecule has 27 heavy (non-hydrogen) atoms. The summed E-state index contributed by atoms with van der Waals surface area (Å²) in [4.78, 5) is 14.6. The fourth-order valence-electron chi connectivity index (χ4n) is 3.25. The lowest BCUT2D eigenvalue weighted by Gasteiger charge is -2.37. The van der Waals surface area contributed by atoms with Crippen molar-refractivity contribution in [3.05, 3.63) is 35.6 Å². The van der Waals surface area contributed by atoms with Crippen molar-refractivity contribution in [3.63, 3.8) is 0 Å².